The van der Waals surface area contributed by atoms with Crippen LogP contribution in [0.2, 0.25) is 0 Å². The molecule has 114 valence electrons. The van der Waals surface area contributed by atoms with Crippen LogP contribution < -0.4 is 0 Å². The van der Waals surface area contributed by atoms with E-state index >= 15 is 0 Å². The minimum Gasteiger partial charge on any atom is -0.447 e. The molecule has 0 radical (unpaired) electrons. The molecule has 0 bridgehead atoms. The van der Waals surface area contributed by atoms with E-state index in [1.807, 2.05) is 0 Å². The number of hydrogen-bond donors (Lipinski definition) is 0. The van der Waals surface area contributed by atoms with E-state index in [0.717, 1.165) is 25.7 Å². The Labute approximate surface area is 126 Å². The lowest BCUT2D eigenvalue weighted by Crippen LogP contribution is -2.40. The van der Waals surface area contributed by atoms with Crippen molar-refractivity contribution in [1.82, 2.24) is 4.31 Å². The first-order chi connectivity index (χ1) is 9.26. The van der Waals surface area contributed by atoms with Crippen molar-refractivity contribution in [1.29, 1.82) is 0 Å². The number of sulfonamides is 1. The van der Waals surface area contributed by atoms with Crippen LogP contribution in [0.5, 0.6) is 0 Å². The second kappa shape index (κ2) is 5.70. The van der Waals surface area contributed by atoms with Crippen LogP contribution in [0.25, 0.3) is 0 Å². The Hall–Kier alpha value is -0.520. The molecule has 1 aliphatic rings. The fourth-order valence-corrected chi connectivity index (χ4v) is 4.14. The largest absolute Gasteiger partial charge is 0.447 e. The topological polar surface area (TPSA) is 50.5 Å². The number of rotatable bonds is 4. The van der Waals surface area contributed by atoms with Gasteiger partial charge >= 0.3 is 0 Å². The molecular formula is C14H22ClNO3S. The van der Waals surface area contributed by atoms with Crippen LogP contribution in [0.1, 0.15) is 45.3 Å². The van der Waals surface area contributed by atoms with Gasteiger partial charge in [0.1, 0.15) is 5.76 Å². The lowest BCUT2D eigenvalue weighted by molar-refractivity contribution is 0.172. The Bertz CT molecular complexity index is 555. The van der Waals surface area contributed by atoms with E-state index in [1.165, 1.54) is 10.4 Å². The highest BCUT2D eigenvalue weighted by molar-refractivity contribution is 7.89. The van der Waals surface area contributed by atoms with Crippen molar-refractivity contribution >= 4 is 21.6 Å². The Morgan fingerprint density at radius 1 is 1.35 bits per heavy atom. The van der Waals surface area contributed by atoms with Crippen LogP contribution in [0.4, 0.5) is 0 Å². The number of hydrogen-bond acceptors (Lipinski definition) is 3. The highest BCUT2D eigenvalue weighted by Crippen LogP contribution is 2.37. The SMILES string of the molecule is CN(C1CCC(C)(C)CC1)S(=O)(=O)c1ccc(CCl)o1. The first-order valence-electron chi connectivity index (χ1n) is 6.89. The number of halogens is 1. The van der Waals surface area contributed by atoms with Crippen LogP contribution in [0.3, 0.4) is 0 Å². The van der Waals surface area contributed by atoms with E-state index in [2.05, 4.69) is 13.8 Å². The lowest BCUT2D eigenvalue weighted by atomic mass is 9.76. The first-order valence-corrected chi connectivity index (χ1v) is 8.86. The molecule has 1 saturated carbocycles. The minimum absolute atomic E-state index is 0.0134. The molecule has 0 amide bonds. The highest BCUT2D eigenvalue weighted by atomic mass is 35.5. The molecule has 0 saturated heterocycles. The van der Waals surface area contributed by atoms with Crippen molar-refractivity contribution in [2.45, 2.75) is 56.5 Å². The molecule has 0 N–H and O–H groups in total. The summed E-state index contributed by atoms with van der Waals surface area (Å²) in [4.78, 5) is 0. The Morgan fingerprint density at radius 3 is 2.45 bits per heavy atom. The first kappa shape index (κ1) is 15.9. The summed E-state index contributed by atoms with van der Waals surface area (Å²) in [5, 5.41) is -0.0134. The van der Waals surface area contributed by atoms with Crippen LogP contribution >= 0.6 is 11.6 Å². The van der Waals surface area contributed by atoms with E-state index < -0.39 is 10.0 Å². The molecule has 1 aromatic rings. The second-order valence-corrected chi connectivity index (χ2v) is 8.47. The van der Waals surface area contributed by atoms with Crippen molar-refractivity contribution in [3.8, 4) is 0 Å². The molecule has 1 aromatic heterocycles. The van der Waals surface area contributed by atoms with Gasteiger partial charge in [-0.3, -0.25) is 0 Å². The van der Waals surface area contributed by atoms with Crippen molar-refractivity contribution in [3.63, 3.8) is 0 Å². The Balaban J connectivity index is 2.13. The van der Waals surface area contributed by atoms with Gasteiger partial charge in [0.25, 0.3) is 10.0 Å². The molecule has 0 unspecified atom stereocenters. The molecule has 4 nitrogen and oxygen atoms in total. The molecule has 6 heteroatoms. The molecule has 20 heavy (non-hydrogen) atoms. The quantitative estimate of drug-likeness (QED) is 0.797. The van der Waals surface area contributed by atoms with E-state index in [1.54, 1.807) is 13.1 Å². The minimum atomic E-state index is -3.56. The van der Waals surface area contributed by atoms with Crippen molar-refractivity contribution < 1.29 is 12.8 Å². The van der Waals surface area contributed by atoms with E-state index in [9.17, 15) is 8.42 Å². The second-order valence-electron chi connectivity index (χ2n) is 6.27. The van der Waals surface area contributed by atoms with Gasteiger partial charge < -0.3 is 4.42 Å². The number of furan rings is 1. The fraction of sp³-hybridized carbons (Fsp3) is 0.714. The van der Waals surface area contributed by atoms with Crippen molar-refractivity contribution in [2.24, 2.45) is 5.41 Å². The summed E-state index contributed by atoms with van der Waals surface area (Å²) in [6, 6.07) is 3.14. The fourth-order valence-electron chi connectivity index (χ4n) is 2.65. The normalized spacial score (nSPS) is 20.4. The maximum absolute atomic E-state index is 12.5. The van der Waals surface area contributed by atoms with E-state index in [0.29, 0.717) is 11.2 Å². The molecule has 1 heterocycles. The van der Waals surface area contributed by atoms with Gasteiger partial charge in [0.05, 0.1) is 5.88 Å². The predicted octanol–water partition coefficient (Wildman–Crippen LogP) is 3.61. The summed E-state index contributed by atoms with van der Waals surface area (Å²) in [7, 11) is -1.92. The van der Waals surface area contributed by atoms with Crippen molar-refractivity contribution in [3.05, 3.63) is 17.9 Å². The van der Waals surface area contributed by atoms with Gasteiger partial charge in [-0.25, -0.2) is 8.42 Å². The standard InChI is InChI=1S/C14H22ClNO3S/c1-14(2)8-6-11(7-9-14)16(3)20(17,18)13-5-4-12(10-15)19-13/h4-5,11H,6-10H2,1-3H3. The van der Waals surface area contributed by atoms with Crippen LogP contribution in [0.15, 0.2) is 21.6 Å². The third kappa shape index (κ3) is 3.21. The summed E-state index contributed by atoms with van der Waals surface area (Å²) in [5.41, 5.74) is 0.317. The summed E-state index contributed by atoms with van der Waals surface area (Å²) in [5.74, 6) is 0.653. The maximum Gasteiger partial charge on any atom is 0.276 e. The average Bonchev–Trinajstić information content (AvgIpc) is 2.87. The molecule has 0 aliphatic heterocycles. The summed E-state index contributed by atoms with van der Waals surface area (Å²) in [6.45, 7) is 4.47. The Kier molecular flexibility index (Phi) is 4.52. The summed E-state index contributed by atoms with van der Waals surface area (Å²) >= 11 is 5.65. The van der Waals surface area contributed by atoms with Crippen LogP contribution in [0, 0.1) is 5.41 Å². The van der Waals surface area contributed by atoms with Gasteiger partial charge in [-0.2, -0.15) is 4.31 Å². The van der Waals surface area contributed by atoms with Gasteiger partial charge in [-0.1, -0.05) is 13.8 Å². The van der Waals surface area contributed by atoms with Gasteiger partial charge in [0.15, 0.2) is 0 Å². The summed E-state index contributed by atoms with van der Waals surface area (Å²) in [6.07, 6.45) is 3.88. The maximum atomic E-state index is 12.5. The van der Waals surface area contributed by atoms with Crippen LogP contribution in [-0.2, 0) is 15.9 Å². The van der Waals surface area contributed by atoms with Gasteiger partial charge in [-0.05, 0) is 43.2 Å². The monoisotopic (exact) mass is 319 g/mol. The molecule has 1 aliphatic carbocycles. The summed E-state index contributed by atoms with van der Waals surface area (Å²) < 4.78 is 31.8. The van der Waals surface area contributed by atoms with E-state index in [-0.39, 0.29) is 17.0 Å². The molecule has 2 rings (SSSR count). The molecular weight excluding hydrogens is 298 g/mol. The Morgan fingerprint density at radius 2 is 1.95 bits per heavy atom. The number of alkyl halides is 1. The zero-order valence-corrected chi connectivity index (χ0v) is 13.8. The number of nitrogens with zero attached hydrogens (tertiary/aromatic N) is 1. The molecule has 0 aromatic carbocycles. The lowest BCUT2D eigenvalue weighted by Gasteiger charge is -2.37. The average molecular weight is 320 g/mol. The van der Waals surface area contributed by atoms with Gasteiger partial charge in [-0.15, -0.1) is 11.6 Å². The van der Waals surface area contributed by atoms with Gasteiger partial charge in [0.2, 0.25) is 5.09 Å². The van der Waals surface area contributed by atoms with Gasteiger partial charge in [0, 0.05) is 13.1 Å². The van der Waals surface area contributed by atoms with E-state index in [4.69, 9.17) is 16.0 Å². The van der Waals surface area contributed by atoms with Crippen LogP contribution in [-0.4, -0.2) is 25.8 Å². The third-order valence-corrected chi connectivity index (χ3v) is 6.27. The predicted molar refractivity (Wildman–Crippen MR) is 79.3 cm³/mol. The zero-order chi connectivity index (χ0) is 15.0. The molecule has 0 atom stereocenters. The molecule has 1 fully saturated rings. The third-order valence-electron chi connectivity index (χ3n) is 4.22. The van der Waals surface area contributed by atoms with Crippen molar-refractivity contribution in [2.75, 3.05) is 7.05 Å². The molecule has 0 spiro atoms. The highest BCUT2D eigenvalue weighted by Gasteiger charge is 2.35. The zero-order valence-electron chi connectivity index (χ0n) is 12.2. The smallest absolute Gasteiger partial charge is 0.276 e.